The zero-order valence-corrected chi connectivity index (χ0v) is 20.7. The number of thiazole rings is 1. The van der Waals surface area contributed by atoms with Gasteiger partial charge in [0.1, 0.15) is 5.75 Å². The van der Waals surface area contributed by atoms with E-state index in [1.165, 1.54) is 49.0 Å². The van der Waals surface area contributed by atoms with Crippen molar-refractivity contribution >= 4 is 28.1 Å². The first-order valence-corrected chi connectivity index (χ1v) is 12.7. The summed E-state index contributed by atoms with van der Waals surface area (Å²) in [6.07, 6.45) is 7.44. The molecule has 1 aliphatic carbocycles. The summed E-state index contributed by atoms with van der Waals surface area (Å²) in [5, 5.41) is 4.81. The zero-order valence-electron chi connectivity index (χ0n) is 19.8. The molecule has 1 heterocycles. The molecule has 0 aliphatic heterocycles. The molecule has 7 heteroatoms. The molecule has 0 bridgehead atoms. The molecule has 2 aromatic carbocycles. The van der Waals surface area contributed by atoms with Gasteiger partial charge in [-0.1, -0.05) is 43.5 Å². The van der Waals surface area contributed by atoms with Gasteiger partial charge >= 0.3 is 0 Å². The Balaban J connectivity index is 1.33. The van der Waals surface area contributed by atoms with Gasteiger partial charge in [-0.05, 0) is 67.5 Å². The molecule has 1 fully saturated rings. The number of methoxy groups -OCH3 is 1. The summed E-state index contributed by atoms with van der Waals surface area (Å²) in [4.78, 5) is 17.9. The molecule has 1 saturated carbocycles. The Hall–Kier alpha value is -3.19. The maximum Gasteiger partial charge on any atom is 0.240 e. The van der Waals surface area contributed by atoms with E-state index in [1.54, 1.807) is 7.11 Å². The number of carbonyl (C=O) groups excluding carboxylic acids is 1. The van der Waals surface area contributed by atoms with Gasteiger partial charge in [0.2, 0.25) is 5.91 Å². The van der Waals surface area contributed by atoms with Crippen molar-refractivity contribution in [1.82, 2.24) is 10.4 Å². The SMILES string of the molecule is COc1ccc(-c2nc(N)sc2CCC(=O)N/N=C(/C)c2ccc(C3CCCCC3)cc2)cc1. The van der Waals surface area contributed by atoms with Crippen LogP contribution in [0.25, 0.3) is 11.3 Å². The molecule has 1 aliphatic rings. The molecule has 0 saturated heterocycles. The van der Waals surface area contributed by atoms with E-state index in [9.17, 15) is 4.79 Å². The van der Waals surface area contributed by atoms with E-state index in [0.29, 0.717) is 23.9 Å². The number of nitrogens with zero attached hydrogens (tertiary/aromatic N) is 2. The van der Waals surface area contributed by atoms with Gasteiger partial charge in [-0.15, -0.1) is 11.3 Å². The van der Waals surface area contributed by atoms with Gasteiger partial charge in [0, 0.05) is 16.9 Å². The topological polar surface area (TPSA) is 89.6 Å². The van der Waals surface area contributed by atoms with E-state index in [0.717, 1.165) is 33.2 Å². The van der Waals surface area contributed by atoms with Crippen molar-refractivity contribution in [3.63, 3.8) is 0 Å². The highest BCUT2D eigenvalue weighted by molar-refractivity contribution is 7.15. The number of hydrazone groups is 1. The lowest BCUT2D eigenvalue weighted by molar-refractivity contribution is -0.121. The van der Waals surface area contributed by atoms with E-state index in [4.69, 9.17) is 10.5 Å². The summed E-state index contributed by atoms with van der Waals surface area (Å²) >= 11 is 1.41. The molecule has 0 spiro atoms. The van der Waals surface area contributed by atoms with Crippen LogP contribution in [-0.2, 0) is 11.2 Å². The number of hydrogen-bond acceptors (Lipinski definition) is 6. The molecule has 34 heavy (non-hydrogen) atoms. The predicted octanol–water partition coefficient (Wildman–Crippen LogP) is 5.92. The molecule has 0 radical (unpaired) electrons. The molecule has 3 aromatic rings. The minimum atomic E-state index is -0.133. The molecule has 6 nitrogen and oxygen atoms in total. The van der Waals surface area contributed by atoms with Crippen LogP contribution < -0.4 is 15.9 Å². The standard InChI is InChI=1S/C27H32N4O2S/c1-18(19-8-10-21(11-9-19)20-6-4-3-5-7-20)30-31-25(32)17-16-24-26(29-27(28)34-24)22-12-14-23(33-2)15-13-22/h8-15,20H,3-7,16-17H2,1-2H3,(H2,28,29)(H,31,32)/b30-18-. The number of nitrogens with two attached hydrogens (primary N) is 1. The van der Waals surface area contributed by atoms with Crippen LogP contribution in [0.2, 0.25) is 0 Å². The fourth-order valence-electron chi connectivity index (χ4n) is 4.44. The Bertz CT molecular complexity index is 1130. The second kappa shape index (κ2) is 11.3. The summed E-state index contributed by atoms with van der Waals surface area (Å²) in [6.45, 7) is 1.92. The molecular formula is C27H32N4O2S. The molecule has 0 atom stereocenters. The Morgan fingerprint density at radius 3 is 2.50 bits per heavy atom. The number of carbonyl (C=O) groups is 1. The smallest absolute Gasteiger partial charge is 0.240 e. The van der Waals surface area contributed by atoms with Crippen molar-refractivity contribution < 1.29 is 9.53 Å². The van der Waals surface area contributed by atoms with Gasteiger partial charge in [0.05, 0.1) is 18.5 Å². The summed E-state index contributed by atoms with van der Waals surface area (Å²) in [5.74, 6) is 1.33. The quantitative estimate of drug-likeness (QED) is 0.312. The maximum atomic E-state index is 12.5. The Kier molecular flexibility index (Phi) is 7.95. The lowest BCUT2D eigenvalue weighted by atomic mass is 9.84. The van der Waals surface area contributed by atoms with Crippen molar-refractivity contribution in [3.8, 4) is 17.0 Å². The third kappa shape index (κ3) is 6.03. The van der Waals surface area contributed by atoms with Gasteiger partial charge < -0.3 is 10.5 Å². The molecule has 1 amide bonds. The number of rotatable bonds is 8. The zero-order chi connectivity index (χ0) is 23.9. The van der Waals surface area contributed by atoms with Gasteiger partial charge in [-0.2, -0.15) is 5.10 Å². The molecular weight excluding hydrogens is 444 g/mol. The second-order valence-corrected chi connectivity index (χ2v) is 9.86. The first-order valence-electron chi connectivity index (χ1n) is 11.9. The molecule has 178 valence electrons. The summed E-state index contributed by atoms with van der Waals surface area (Å²) < 4.78 is 5.22. The van der Waals surface area contributed by atoms with Crippen molar-refractivity contribution in [1.29, 1.82) is 0 Å². The summed E-state index contributed by atoms with van der Waals surface area (Å²) in [6, 6.07) is 16.3. The van der Waals surface area contributed by atoms with Crippen LogP contribution >= 0.6 is 11.3 Å². The van der Waals surface area contributed by atoms with E-state index in [1.807, 2.05) is 31.2 Å². The third-order valence-electron chi connectivity index (χ3n) is 6.41. The number of nitrogens with one attached hydrogen (secondary N) is 1. The van der Waals surface area contributed by atoms with Gasteiger partial charge in [0.15, 0.2) is 5.13 Å². The first-order chi connectivity index (χ1) is 16.5. The van der Waals surface area contributed by atoms with E-state index < -0.39 is 0 Å². The number of benzene rings is 2. The van der Waals surface area contributed by atoms with Crippen LogP contribution in [0.4, 0.5) is 5.13 Å². The number of ether oxygens (including phenoxy) is 1. The van der Waals surface area contributed by atoms with Crippen molar-refractivity contribution in [2.24, 2.45) is 5.10 Å². The Morgan fingerprint density at radius 1 is 1.12 bits per heavy atom. The minimum absolute atomic E-state index is 0.133. The van der Waals surface area contributed by atoms with Crippen molar-refractivity contribution in [2.75, 3.05) is 12.8 Å². The number of aryl methyl sites for hydroxylation is 1. The van der Waals surface area contributed by atoms with Crippen LogP contribution in [-0.4, -0.2) is 23.7 Å². The van der Waals surface area contributed by atoms with E-state index in [-0.39, 0.29) is 5.91 Å². The van der Waals surface area contributed by atoms with Crippen LogP contribution in [0.1, 0.15) is 67.4 Å². The Labute approximate surface area is 205 Å². The maximum absolute atomic E-state index is 12.5. The van der Waals surface area contributed by atoms with Crippen LogP contribution in [0, 0.1) is 0 Å². The highest BCUT2D eigenvalue weighted by atomic mass is 32.1. The highest BCUT2D eigenvalue weighted by Crippen LogP contribution is 2.33. The Morgan fingerprint density at radius 2 is 1.82 bits per heavy atom. The minimum Gasteiger partial charge on any atom is -0.497 e. The van der Waals surface area contributed by atoms with Gasteiger partial charge in [0.25, 0.3) is 0 Å². The third-order valence-corrected chi connectivity index (χ3v) is 7.35. The molecule has 0 unspecified atom stereocenters. The lowest BCUT2D eigenvalue weighted by Gasteiger charge is -2.22. The number of anilines is 1. The lowest BCUT2D eigenvalue weighted by Crippen LogP contribution is -2.19. The van der Waals surface area contributed by atoms with Crippen LogP contribution in [0.15, 0.2) is 53.6 Å². The van der Waals surface area contributed by atoms with Crippen LogP contribution in [0.3, 0.4) is 0 Å². The van der Waals surface area contributed by atoms with E-state index in [2.05, 4.69) is 39.8 Å². The van der Waals surface area contributed by atoms with Crippen molar-refractivity contribution in [2.45, 2.75) is 57.8 Å². The summed E-state index contributed by atoms with van der Waals surface area (Å²) in [5.41, 5.74) is 13.7. The molecule has 1 aromatic heterocycles. The monoisotopic (exact) mass is 476 g/mol. The normalized spacial score (nSPS) is 14.7. The first kappa shape index (κ1) is 24.0. The van der Waals surface area contributed by atoms with Gasteiger partial charge in [-0.3, -0.25) is 4.79 Å². The number of nitrogen functional groups attached to an aromatic ring is 1. The van der Waals surface area contributed by atoms with Gasteiger partial charge in [-0.25, -0.2) is 10.4 Å². The number of amides is 1. The molecule has 3 N–H and O–H groups in total. The molecule has 4 rings (SSSR count). The predicted molar refractivity (Wildman–Crippen MR) is 139 cm³/mol. The average molecular weight is 477 g/mol. The number of hydrogen-bond donors (Lipinski definition) is 2. The van der Waals surface area contributed by atoms with E-state index >= 15 is 0 Å². The van der Waals surface area contributed by atoms with Crippen LogP contribution in [0.5, 0.6) is 5.75 Å². The number of aromatic nitrogens is 1. The highest BCUT2D eigenvalue weighted by Gasteiger charge is 2.16. The van der Waals surface area contributed by atoms with Crippen molar-refractivity contribution in [3.05, 3.63) is 64.5 Å². The fraction of sp³-hybridized carbons (Fsp3) is 0.370. The average Bonchev–Trinajstić information content (AvgIpc) is 3.27. The second-order valence-electron chi connectivity index (χ2n) is 8.74. The largest absolute Gasteiger partial charge is 0.497 e. The summed E-state index contributed by atoms with van der Waals surface area (Å²) in [7, 11) is 1.64. The fourth-order valence-corrected chi connectivity index (χ4v) is 5.29.